The van der Waals surface area contributed by atoms with Gasteiger partial charge in [-0.3, -0.25) is 4.79 Å². The van der Waals surface area contributed by atoms with Gasteiger partial charge in [0.2, 0.25) is 0 Å². The minimum Gasteiger partial charge on any atom is -0.497 e. The fourth-order valence-electron chi connectivity index (χ4n) is 2.95. The predicted molar refractivity (Wildman–Crippen MR) is 120 cm³/mol. The molecule has 0 unspecified atom stereocenters. The average Bonchev–Trinajstić information content (AvgIpc) is 3.29. The molecular weight excluding hydrogens is 458 g/mol. The lowest BCUT2D eigenvalue weighted by Gasteiger charge is -2.08. The van der Waals surface area contributed by atoms with E-state index in [0.717, 1.165) is 15.7 Å². The van der Waals surface area contributed by atoms with E-state index in [2.05, 4.69) is 37.6 Å². The summed E-state index contributed by atoms with van der Waals surface area (Å²) in [4.78, 5) is 12.6. The zero-order chi connectivity index (χ0) is 21.8. The zero-order valence-electron chi connectivity index (χ0n) is 16.4. The number of nitrogens with one attached hydrogen (secondary N) is 1. The quantitative estimate of drug-likeness (QED) is 0.447. The molecule has 4 rings (SSSR count). The highest BCUT2D eigenvalue weighted by atomic mass is 79.9. The Morgan fingerprint density at radius 1 is 1.10 bits per heavy atom. The van der Waals surface area contributed by atoms with E-state index in [0.29, 0.717) is 28.3 Å². The molecule has 3 aromatic carbocycles. The first-order valence-corrected chi connectivity index (χ1v) is 10.0. The lowest BCUT2D eigenvalue weighted by atomic mass is 10.1. The van der Waals surface area contributed by atoms with Gasteiger partial charge in [-0.1, -0.05) is 33.3 Å². The van der Waals surface area contributed by atoms with E-state index in [4.69, 9.17) is 10.00 Å². The third-order valence-electron chi connectivity index (χ3n) is 4.56. The first kappa shape index (κ1) is 20.3. The van der Waals surface area contributed by atoms with Crippen LogP contribution in [0.4, 0.5) is 5.69 Å². The molecule has 0 spiro atoms. The summed E-state index contributed by atoms with van der Waals surface area (Å²) < 4.78 is 7.61. The average molecular weight is 474 g/mol. The number of ether oxygens (including phenoxy) is 1. The molecule has 31 heavy (non-hydrogen) atoms. The summed E-state index contributed by atoms with van der Waals surface area (Å²) in [5.41, 5.74) is 4.10. The molecule has 0 saturated heterocycles. The maximum absolute atomic E-state index is 12.6. The van der Waals surface area contributed by atoms with Gasteiger partial charge in [-0.15, -0.1) is 5.10 Å². The summed E-state index contributed by atoms with van der Waals surface area (Å²) in [6.07, 6.45) is 1.81. The number of aromatic nitrogens is 3. The SMILES string of the molecule is COc1cc(Br)cc(C(=O)Nc2ccc(-c3cn(-c4ccc(C#N)cc4)nn3)cc2)c1. The monoisotopic (exact) mass is 473 g/mol. The number of halogens is 1. The van der Waals surface area contributed by atoms with Gasteiger partial charge in [0.25, 0.3) is 5.91 Å². The van der Waals surface area contributed by atoms with Crippen molar-refractivity contribution in [1.82, 2.24) is 15.0 Å². The minimum absolute atomic E-state index is 0.237. The molecule has 1 heterocycles. The fourth-order valence-corrected chi connectivity index (χ4v) is 3.42. The van der Waals surface area contributed by atoms with Gasteiger partial charge in [-0.2, -0.15) is 5.26 Å². The Bertz CT molecular complexity index is 1270. The van der Waals surface area contributed by atoms with Crippen molar-refractivity contribution in [2.45, 2.75) is 0 Å². The summed E-state index contributed by atoms with van der Waals surface area (Å²) in [6.45, 7) is 0. The molecule has 8 heteroatoms. The molecule has 4 aromatic rings. The number of hydrogen-bond donors (Lipinski definition) is 1. The van der Waals surface area contributed by atoms with Gasteiger partial charge in [-0.25, -0.2) is 4.68 Å². The number of hydrogen-bond acceptors (Lipinski definition) is 5. The molecule has 0 atom stereocenters. The van der Waals surface area contributed by atoms with E-state index in [9.17, 15) is 4.79 Å². The smallest absolute Gasteiger partial charge is 0.255 e. The molecule has 1 N–H and O–H groups in total. The molecule has 0 fully saturated rings. The normalized spacial score (nSPS) is 10.4. The Hall–Kier alpha value is -3.96. The Balaban J connectivity index is 1.48. The van der Waals surface area contributed by atoms with Gasteiger partial charge in [0.1, 0.15) is 11.4 Å². The van der Waals surface area contributed by atoms with E-state index >= 15 is 0 Å². The van der Waals surface area contributed by atoms with Gasteiger partial charge in [-0.05, 0) is 54.6 Å². The van der Waals surface area contributed by atoms with Crippen molar-refractivity contribution in [2.24, 2.45) is 0 Å². The summed E-state index contributed by atoms with van der Waals surface area (Å²) in [5.74, 6) is 0.360. The first-order chi connectivity index (χ1) is 15.1. The number of anilines is 1. The van der Waals surface area contributed by atoms with Crippen LogP contribution in [0.1, 0.15) is 15.9 Å². The summed E-state index contributed by atoms with van der Waals surface area (Å²) in [5, 5.41) is 20.1. The fraction of sp³-hybridized carbons (Fsp3) is 0.0435. The van der Waals surface area contributed by atoms with Crippen LogP contribution in [0.25, 0.3) is 16.9 Å². The molecule has 0 aliphatic heterocycles. The van der Waals surface area contributed by atoms with Gasteiger partial charge >= 0.3 is 0 Å². The van der Waals surface area contributed by atoms with Crippen LogP contribution in [-0.4, -0.2) is 28.0 Å². The molecule has 7 nitrogen and oxygen atoms in total. The molecular formula is C23H16BrN5O2. The molecule has 0 saturated carbocycles. The Labute approximate surface area is 187 Å². The Morgan fingerprint density at radius 3 is 2.52 bits per heavy atom. The van der Waals surface area contributed by atoms with E-state index in [1.54, 1.807) is 42.1 Å². The van der Waals surface area contributed by atoms with Crippen molar-refractivity contribution in [2.75, 3.05) is 12.4 Å². The number of benzene rings is 3. The molecule has 152 valence electrons. The molecule has 0 aliphatic rings. The third kappa shape index (κ3) is 4.63. The summed E-state index contributed by atoms with van der Waals surface area (Å²) >= 11 is 3.38. The second-order valence-corrected chi connectivity index (χ2v) is 7.53. The Kier molecular flexibility index (Phi) is 5.78. The van der Waals surface area contributed by atoms with Crippen LogP contribution in [-0.2, 0) is 0 Å². The van der Waals surface area contributed by atoms with E-state index in [1.165, 1.54) is 0 Å². The van der Waals surface area contributed by atoms with E-state index in [1.807, 2.05) is 42.6 Å². The van der Waals surface area contributed by atoms with Crippen LogP contribution in [0.3, 0.4) is 0 Å². The van der Waals surface area contributed by atoms with Crippen molar-refractivity contribution in [3.63, 3.8) is 0 Å². The lowest BCUT2D eigenvalue weighted by molar-refractivity contribution is 0.102. The van der Waals surface area contributed by atoms with Gasteiger partial charge in [0.15, 0.2) is 0 Å². The van der Waals surface area contributed by atoms with Crippen molar-refractivity contribution in [3.05, 3.63) is 88.5 Å². The van der Waals surface area contributed by atoms with Crippen LogP contribution in [0.5, 0.6) is 5.75 Å². The standard InChI is InChI=1S/C23H16BrN5O2/c1-31-21-11-17(10-18(24)12-21)23(30)26-19-6-4-16(5-7-19)22-14-29(28-27-22)20-8-2-15(13-25)3-9-20/h2-12,14H,1H3,(H,26,30). The number of carbonyl (C=O) groups excluding carboxylic acids is 1. The van der Waals surface area contributed by atoms with Crippen molar-refractivity contribution in [1.29, 1.82) is 5.26 Å². The number of methoxy groups -OCH3 is 1. The molecule has 1 amide bonds. The lowest BCUT2D eigenvalue weighted by Crippen LogP contribution is -2.12. The molecule has 0 bridgehead atoms. The topological polar surface area (TPSA) is 92.8 Å². The van der Waals surface area contributed by atoms with Crippen molar-refractivity contribution in [3.8, 4) is 28.8 Å². The number of rotatable bonds is 5. The third-order valence-corrected chi connectivity index (χ3v) is 5.02. The zero-order valence-corrected chi connectivity index (χ0v) is 18.0. The number of amides is 1. The minimum atomic E-state index is -0.237. The number of nitrogens with zero attached hydrogens (tertiary/aromatic N) is 4. The van der Waals surface area contributed by atoms with Gasteiger partial charge in [0, 0.05) is 21.3 Å². The highest BCUT2D eigenvalue weighted by Crippen LogP contribution is 2.23. The maximum atomic E-state index is 12.6. The first-order valence-electron chi connectivity index (χ1n) is 9.25. The second kappa shape index (κ2) is 8.81. The molecule has 1 aromatic heterocycles. The molecule has 0 radical (unpaired) electrons. The summed E-state index contributed by atoms with van der Waals surface area (Å²) in [6, 6.07) is 21.7. The van der Waals surface area contributed by atoms with Crippen molar-refractivity contribution < 1.29 is 9.53 Å². The van der Waals surface area contributed by atoms with Crippen LogP contribution in [0.2, 0.25) is 0 Å². The maximum Gasteiger partial charge on any atom is 0.255 e. The summed E-state index contributed by atoms with van der Waals surface area (Å²) in [7, 11) is 1.56. The number of nitriles is 1. The number of carbonyl (C=O) groups is 1. The van der Waals surface area contributed by atoms with Crippen LogP contribution >= 0.6 is 15.9 Å². The van der Waals surface area contributed by atoms with Crippen LogP contribution in [0.15, 0.2) is 77.4 Å². The molecule has 0 aliphatic carbocycles. The predicted octanol–water partition coefficient (Wildman–Crippen LogP) is 4.83. The van der Waals surface area contributed by atoms with Gasteiger partial charge in [0.05, 0.1) is 30.6 Å². The van der Waals surface area contributed by atoms with Crippen LogP contribution in [0, 0.1) is 11.3 Å². The van der Waals surface area contributed by atoms with Gasteiger partial charge < -0.3 is 10.1 Å². The van der Waals surface area contributed by atoms with Crippen molar-refractivity contribution >= 4 is 27.5 Å². The highest BCUT2D eigenvalue weighted by Gasteiger charge is 2.10. The largest absolute Gasteiger partial charge is 0.497 e. The van der Waals surface area contributed by atoms with E-state index < -0.39 is 0 Å². The highest BCUT2D eigenvalue weighted by molar-refractivity contribution is 9.10. The van der Waals surface area contributed by atoms with E-state index in [-0.39, 0.29) is 5.91 Å². The Morgan fingerprint density at radius 2 is 1.84 bits per heavy atom. The second-order valence-electron chi connectivity index (χ2n) is 6.62. The van der Waals surface area contributed by atoms with Crippen LogP contribution < -0.4 is 10.1 Å².